The molecule has 2 N–H and O–H groups in total. The molecule has 0 unspecified atom stereocenters. The number of rotatable bonds is 4. The number of halogens is 2. The summed E-state index contributed by atoms with van der Waals surface area (Å²) in [5, 5.41) is 0.148. The molecular weight excluding hydrogens is 333 g/mol. The standard InChI is InChI=1S/C13H13Cl2N3O2S/c1-18(8-9-3-2-6-17-7-9)21(19,20)11-5-4-10(14)13(16)12(11)15/h2-7H,8,16H2,1H3. The summed E-state index contributed by atoms with van der Waals surface area (Å²) in [4.78, 5) is 3.88. The predicted molar refractivity (Wildman–Crippen MR) is 83.8 cm³/mol. The Morgan fingerprint density at radius 3 is 2.62 bits per heavy atom. The Morgan fingerprint density at radius 2 is 2.00 bits per heavy atom. The van der Waals surface area contributed by atoms with Crippen LogP contribution in [0.4, 0.5) is 5.69 Å². The zero-order valence-corrected chi connectivity index (χ0v) is 13.5. The fraction of sp³-hybridized carbons (Fsp3) is 0.154. The highest BCUT2D eigenvalue weighted by Gasteiger charge is 2.25. The number of pyridine rings is 1. The summed E-state index contributed by atoms with van der Waals surface area (Å²) in [6.45, 7) is 0.176. The van der Waals surface area contributed by atoms with E-state index in [-0.39, 0.29) is 27.2 Å². The molecule has 1 aromatic heterocycles. The van der Waals surface area contributed by atoms with Gasteiger partial charge in [-0.05, 0) is 23.8 Å². The van der Waals surface area contributed by atoms with Gasteiger partial charge in [0.25, 0.3) is 0 Å². The molecule has 5 nitrogen and oxygen atoms in total. The van der Waals surface area contributed by atoms with E-state index in [1.807, 2.05) is 0 Å². The highest BCUT2D eigenvalue weighted by molar-refractivity contribution is 7.89. The van der Waals surface area contributed by atoms with Crippen molar-refractivity contribution >= 4 is 38.9 Å². The van der Waals surface area contributed by atoms with Crippen molar-refractivity contribution < 1.29 is 8.42 Å². The first kappa shape index (κ1) is 16.0. The highest BCUT2D eigenvalue weighted by Crippen LogP contribution is 2.34. The third kappa shape index (κ3) is 3.29. The van der Waals surface area contributed by atoms with E-state index in [4.69, 9.17) is 28.9 Å². The minimum atomic E-state index is -3.77. The van der Waals surface area contributed by atoms with Crippen molar-refractivity contribution in [1.29, 1.82) is 0 Å². The summed E-state index contributed by atoms with van der Waals surface area (Å²) in [6, 6.07) is 6.28. The van der Waals surface area contributed by atoms with Crippen molar-refractivity contribution in [2.45, 2.75) is 11.4 Å². The van der Waals surface area contributed by atoms with Crippen LogP contribution in [0.2, 0.25) is 10.0 Å². The predicted octanol–water partition coefficient (Wildman–Crippen LogP) is 2.79. The van der Waals surface area contributed by atoms with Gasteiger partial charge in [0.05, 0.1) is 15.7 Å². The lowest BCUT2D eigenvalue weighted by Gasteiger charge is -2.18. The Balaban J connectivity index is 2.36. The number of sulfonamides is 1. The first-order chi connectivity index (χ1) is 9.84. The van der Waals surface area contributed by atoms with E-state index in [0.29, 0.717) is 0 Å². The van der Waals surface area contributed by atoms with Crippen molar-refractivity contribution in [3.63, 3.8) is 0 Å². The zero-order valence-electron chi connectivity index (χ0n) is 11.1. The van der Waals surface area contributed by atoms with Crippen LogP contribution in [-0.4, -0.2) is 24.8 Å². The molecule has 0 spiro atoms. The number of aromatic nitrogens is 1. The molecule has 0 bridgehead atoms. The fourth-order valence-electron chi connectivity index (χ4n) is 1.75. The van der Waals surface area contributed by atoms with E-state index >= 15 is 0 Å². The Bertz CT molecular complexity index is 752. The smallest absolute Gasteiger partial charge is 0.244 e. The largest absolute Gasteiger partial charge is 0.396 e. The number of benzene rings is 1. The first-order valence-corrected chi connectivity index (χ1v) is 8.12. The lowest BCUT2D eigenvalue weighted by Crippen LogP contribution is -2.27. The Labute approximate surface area is 133 Å². The summed E-state index contributed by atoms with van der Waals surface area (Å²) in [7, 11) is -2.31. The summed E-state index contributed by atoms with van der Waals surface area (Å²) in [5.74, 6) is 0. The molecule has 0 aliphatic carbocycles. The van der Waals surface area contributed by atoms with Crippen molar-refractivity contribution in [2.24, 2.45) is 0 Å². The zero-order chi connectivity index (χ0) is 15.6. The maximum absolute atomic E-state index is 12.5. The third-order valence-electron chi connectivity index (χ3n) is 2.91. The number of nitrogen functional groups attached to an aromatic ring is 1. The van der Waals surface area contributed by atoms with Crippen LogP contribution in [0.5, 0.6) is 0 Å². The van der Waals surface area contributed by atoms with Crippen LogP contribution in [0.15, 0.2) is 41.6 Å². The molecule has 112 valence electrons. The van der Waals surface area contributed by atoms with Gasteiger partial charge in [-0.1, -0.05) is 29.3 Å². The van der Waals surface area contributed by atoms with Crippen molar-refractivity contribution in [3.8, 4) is 0 Å². The molecule has 2 aromatic rings. The third-order valence-corrected chi connectivity index (χ3v) is 5.60. The molecule has 0 fully saturated rings. The molecule has 0 radical (unpaired) electrons. The van der Waals surface area contributed by atoms with Crippen LogP contribution in [0.1, 0.15) is 5.56 Å². The van der Waals surface area contributed by atoms with Crippen LogP contribution in [0.25, 0.3) is 0 Å². The lowest BCUT2D eigenvalue weighted by atomic mass is 10.3. The molecular formula is C13H13Cl2N3O2S. The van der Waals surface area contributed by atoms with Crippen LogP contribution in [0.3, 0.4) is 0 Å². The van der Waals surface area contributed by atoms with Gasteiger partial charge in [0.2, 0.25) is 10.0 Å². The van der Waals surface area contributed by atoms with Crippen molar-refractivity contribution in [3.05, 3.63) is 52.3 Å². The number of hydrogen-bond acceptors (Lipinski definition) is 4. The molecule has 0 aliphatic rings. The van der Waals surface area contributed by atoms with Gasteiger partial charge in [-0.15, -0.1) is 0 Å². The molecule has 0 atom stereocenters. The molecule has 21 heavy (non-hydrogen) atoms. The van der Waals surface area contributed by atoms with Gasteiger partial charge in [-0.25, -0.2) is 8.42 Å². The Hall–Kier alpha value is -1.34. The molecule has 1 heterocycles. The van der Waals surface area contributed by atoms with E-state index in [1.165, 1.54) is 23.5 Å². The molecule has 0 amide bonds. The van der Waals surface area contributed by atoms with E-state index < -0.39 is 10.0 Å². The van der Waals surface area contributed by atoms with E-state index in [9.17, 15) is 8.42 Å². The minimum absolute atomic E-state index is 0.0502. The van der Waals surface area contributed by atoms with Crippen LogP contribution in [-0.2, 0) is 16.6 Å². The second kappa shape index (κ2) is 6.19. The summed E-state index contributed by atoms with van der Waals surface area (Å²) in [6.07, 6.45) is 3.22. The van der Waals surface area contributed by atoms with Crippen LogP contribution < -0.4 is 5.73 Å². The summed E-state index contributed by atoms with van der Waals surface area (Å²) < 4.78 is 26.3. The van der Waals surface area contributed by atoms with Gasteiger partial charge < -0.3 is 5.73 Å². The molecule has 2 rings (SSSR count). The second-order valence-corrected chi connectivity index (χ2v) is 7.19. The van der Waals surface area contributed by atoms with Gasteiger partial charge >= 0.3 is 0 Å². The maximum Gasteiger partial charge on any atom is 0.244 e. The maximum atomic E-state index is 12.5. The summed E-state index contributed by atoms with van der Waals surface area (Å²) >= 11 is 11.8. The quantitative estimate of drug-likeness (QED) is 0.864. The molecule has 0 saturated heterocycles. The van der Waals surface area contributed by atoms with Crippen LogP contribution in [0, 0.1) is 0 Å². The average Bonchev–Trinajstić information content (AvgIpc) is 2.45. The van der Waals surface area contributed by atoms with Crippen LogP contribution >= 0.6 is 23.2 Å². The van der Waals surface area contributed by atoms with Gasteiger partial charge in [0.15, 0.2) is 0 Å². The number of nitrogens with zero attached hydrogens (tertiary/aromatic N) is 2. The lowest BCUT2D eigenvalue weighted by molar-refractivity contribution is 0.466. The van der Waals surface area contributed by atoms with Gasteiger partial charge in [-0.2, -0.15) is 4.31 Å². The van der Waals surface area contributed by atoms with E-state index in [2.05, 4.69) is 4.98 Å². The number of anilines is 1. The van der Waals surface area contributed by atoms with Gasteiger partial charge in [0.1, 0.15) is 4.90 Å². The van der Waals surface area contributed by atoms with E-state index in [1.54, 1.807) is 24.5 Å². The van der Waals surface area contributed by atoms with Crippen molar-refractivity contribution in [2.75, 3.05) is 12.8 Å². The summed E-state index contributed by atoms with van der Waals surface area (Å²) in [5.41, 5.74) is 6.49. The van der Waals surface area contributed by atoms with E-state index in [0.717, 1.165) is 5.56 Å². The Kier molecular flexibility index (Phi) is 4.73. The topological polar surface area (TPSA) is 76.3 Å². The SMILES string of the molecule is CN(Cc1cccnc1)S(=O)(=O)c1ccc(Cl)c(N)c1Cl. The fourth-order valence-corrected chi connectivity index (χ4v) is 3.64. The number of nitrogens with two attached hydrogens (primary N) is 1. The van der Waals surface area contributed by atoms with Crippen molar-refractivity contribution in [1.82, 2.24) is 9.29 Å². The minimum Gasteiger partial charge on any atom is -0.396 e. The number of hydrogen-bond donors (Lipinski definition) is 1. The monoisotopic (exact) mass is 345 g/mol. The average molecular weight is 346 g/mol. The highest BCUT2D eigenvalue weighted by atomic mass is 35.5. The second-order valence-electron chi connectivity index (χ2n) is 4.40. The Morgan fingerprint density at radius 1 is 1.29 bits per heavy atom. The van der Waals surface area contributed by atoms with Gasteiger partial charge in [0, 0.05) is 26.0 Å². The molecule has 8 heteroatoms. The molecule has 0 saturated carbocycles. The first-order valence-electron chi connectivity index (χ1n) is 5.92. The molecule has 0 aliphatic heterocycles. The normalized spacial score (nSPS) is 11.8. The van der Waals surface area contributed by atoms with Gasteiger partial charge in [-0.3, -0.25) is 4.98 Å². The molecule has 1 aromatic carbocycles.